The van der Waals surface area contributed by atoms with E-state index in [-0.39, 0.29) is 0 Å². The van der Waals surface area contributed by atoms with E-state index in [1.807, 2.05) is 0 Å². The first-order chi connectivity index (χ1) is 4.47. The first-order valence-electron chi connectivity index (χ1n) is 3.16. The Morgan fingerprint density at radius 1 is 1.56 bits per heavy atom. The van der Waals surface area contributed by atoms with Crippen LogP contribution in [0.5, 0.6) is 5.75 Å². The lowest BCUT2D eigenvalue weighted by atomic mass is 10.2. The summed E-state index contributed by atoms with van der Waals surface area (Å²) in [5.74, 6) is 1.12. The van der Waals surface area contributed by atoms with Gasteiger partial charge >= 0.3 is 0 Å². The first-order valence-corrected chi connectivity index (χ1v) is 4.04. The molecular formula is C7H8OS. The Balaban J connectivity index is 2.39. The van der Waals surface area contributed by atoms with Gasteiger partial charge in [0, 0.05) is 4.88 Å². The molecule has 2 rings (SSSR count). The molecule has 0 aliphatic carbocycles. The van der Waals surface area contributed by atoms with Crippen LogP contribution < -0.4 is 4.74 Å². The molecule has 0 N–H and O–H groups in total. The smallest absolute Gasteiger partial charge is 0.133 e. The molecule has 0 saturated carbocycles. The highest BCUT2D eigenvalue weighted by Crippen LogP contribution is 2.29. The second kappa shape index (κ2) is 2.03. The van der Waals surface area contributed by atoms with Gasteiger partial charge in [0.1, 0.15) is 5.75 Å². The number of hydrogen-bond donors (Lipinski definition) is 0. The molecule has 2 heterocycles. The van der Waals surface area contributed by atoms with Crippen LogP contribution in [0.3, 0.4) is 0 Å². The van der Waals surface area contributed by atoms with Crippen LogP contribution in [0, 0.1) is 0 Å². The molecule has 9 heavy (non-hydrogen) atoms. The van der Waals surface area contributed by atoms with E-state index in [9.17, 15) is 0 Å². The summed E-state index contributed by atoms with van der Waals surface area (Å²) in [4.78, 5) is 1.42. The predicted octanol–water partition coefficient (Wildman–Crippen LogP) is 2.07. The lowest BCUT2D eigenvalue weighted by molar-refractivity contribution is 0.291. The maximum atomic E-state index is 5.37. The molecular weight excluding hydrogens is 132 g/mol. The van der Waals surface area contributed by atoms with Gasteiger partial charge in [-0.25, -0.2) is 0 Å². The molecule has 1 aliphatic rings. The minimum Gasteiger partial charge on any atom is -0.492 e. The second-order valence-corrected chi connectivity index (χ2v) is 3.16. The molecule has 0 atom stereocenters. The fraction of sp³-hybridized carbons (Fsp3) is 0.429. The SMILES string of the molecule is c1cc2c(s1)CCCO2. The van der Waals surface area contributed by atoms with Crippen molar-refractivity contribution in [3.63, 3.8) is 0 Å². The molecule has 48 valence electrons. The molecule has 1 nitrogen and oxygen atoms in total. The Morgan fingerprint density at radius 2 is 2.56 bits per heavy atom. The summed E-state index contributed by atoms with van der Waals surface area (Å²) < 4.78 is 5.37. The summed E-state index contributed by atoms with van der Waals surface area (Å²) in [6, 6.07) is 2.05. The highest BCUT2D eigenvalue weighted by atomic mass is 32.1. The molecule has 1 aromatic heterocycles. The van der Waals surface area contributed by atoms with Gasteiger partial charge in [-0.1, -0.05) is 0 Å². The molecule has 1 aliphatic heterocycles. The summed E-state index contributed by atoms with van der Waals surface area (Å²) in [6.07, 6.45) is 2.40. The zero-order valence-corrected chi connectivity index (χ0v) is 5.91. The number of hydrogen-bond acceptors (Lipinski definition) is 2. The molecule has 0 amide bonds. The molecule has 0 aromatic carbocycles. The van der Waals surface area contributed by atoms with Gasteiger partial charge in [0.2, 0.25) is 0 Å². The highest BCUT2D eigenvalue weighted by molar-refractivity contribution is 7.10. The van der Waals surface area contributed by atoms with Crippen LogP contribution in [0.25, 0.3) is 0 Å². The minimum absolute atomic E-state index is 0.906. The van der Waals surface area contributed by atoms with E-state index in [0.717, 1.165) is 12.4 Å². The second-order valence-electron chi connectivity index (χ2n) is 2.16. The summed E-state index contributed by atoms with van der Waals surface area (Å²) in [7, 11) is 0. The number of rotatable bonds is 0. The third kappa shape index (κ3) is 0.833. The maximum Gasteiger partial charge on any atom is 0.133 e. The third-order valence-electron chi connectivity index (χ3n) is 1.51. The van der Waals surface area contributed by atoms with Crippen molar-refractivity contribution in [3.8, 4) is 5.75 Å². The summed E-state index contributed by atoms with van der Waals surface area (Å²) in [6.45, 7) is 0.906. The van der Waals surface area contributed by atoms with E-state index < -0.39 is 0 Å². The maximum absolute atomic E-state index is 5.37. The third-order valence-corrected chi connectivity index (χ3v) is 2.47. The van der Waals surface area contributed by atoms with Crippen molar-refractivity contribution in [1.29, 1.82) is 0 Å². The quantitative estimate of drug-likeness (QED) is 0.536. The average molecular weight is 140 g/mol. The summed E-state index contributed by atoms with van der Waals surface area (Å²) in [5.41, 5.74) is 0. The van der Waals surface area contributed by atoms with Gasteiger partial charge in [-0.05, 0) is 24.3 Å². The highest BCUT2D eigenvalue weighted by Gasteiger charge is 2.09. The largest absolute Gasteiger partial charge is 0.492 e. The number of thiophene rings is 1. The van der Waals surface area contributed by atoms with Gasteiger partial charge in [0.05, 0.1) is 6.61 Å². The topological polar surface area (TPSA) is 9.23 Å². The van der Waals surface area contributed by atoms with E-state index in [1.54, 1.807) is 11.3 Å². The number of fused-ring (bicyclic) bond motifs is 1. The van der Waals surface area contributed by atoms with Crippen LogP contribution in [0.15, 0.2) is 11.4 Å². The van der Waals surface area contributed by atoms with Gasteiger partial charge < -0.3 is 4.74 Å². The molecule has 0 saturated heterocycles. The van der Waals surface area contributed by atoms with E-state index in [2.05, 4.69) is 11.4 Å². The van der Waals surface area contributed by atoms with Crippen molar-refractivity contribution < 1.29 is 4.74 Å². The molecule has 0 spiro atoms. The van der Waals surface area contributed by atoms with Gasteiger partial charge in [0.25, 0.3) is 0 Å². The van der Waals surface area contributed by atoms with E-state index in [1.165, 1.54) is 17.7 Å². The normalized spacial score (nSPS) is 16.4. The molecule has 2 heteroatoms. The Kier molecular flexibility index (Phi) is 1.19. The Labute approximate surface area is 58.3 Å². The number of ether oxygens (including phenoxy) is 1. The van der Waals surface area contributed by atoms with Crippen molar-refractivity contribution in [1.82, 2.24) is 0 Å². The fourth-order valence-corrected chi connectivity index (χ4v) is 1.92. The van der Waals surface area contributed by atoms with Crippen molar-refractivity contribution in [2.75, 3.05) is 6.61 Å². The van der Waals surface area contributed by atoms with Crippen LogP contribution >= 0.6 is 11.3 Å². The van der Waals surface area contributed by atoms with Crippen LogP contribution in [0.2, 0.25) is 0 Å². The van der Waals surface area contributed by atoms with Crippen molar-refractivity contribution >= 4 is 11.3 Å². The van der Waals surface area contributed by atoms with E-state index in [4.69, 9.17) is 4.74 Å². The van der Waals surface area contributed by atoms with Crippen LogP contribution in [-0.2, 0) is 6.42 Å². The van der Waals surface area contributed by atoms with Gasteiger partial charge in [-0.2, -0.15) is 0 Å². The molecule has 0 fully saturated rings. The fourth-order valence-electron chi connectivity index (χ4n) is 1.05. The van der Waals surface area contributed by atoms with Crippen LogP contribution in [0.1, 0.15) is 11.3 Å². The lowest BCUT2D eigenvalue weighted by Gasteiger charge is -2.11. The zero-order valence-electron chi connectivity index (χ0n) is 5.09. The van der Waals surface area contributed by atoms with Crippen LogP contribution in [-0.4, -0.2) is 6.61 Å². The molecule has 0 radical (unpaired) electrons. The molecule has 0 unspecified atom stereocenters. The Hall–Kier alpha value is -0.500. The number of aryl methyl sites for hydroxylation is 1. The Morgan fingerprint density at radius 3 is 3.44 bits per heavy atom. The van der Waals surface area contributed by atoms with Gasteiger partial charge in [-0.3, -0.25) is 0 Å². The summed E-state index contributed by atoms with van der Waals surface area (Å²) in [5, 5.41) is 2.09. The average Bonchev–Trinajstić information content (AvgIpc) is 2.33. The predicted molar refractivity (Wildman–Crippen MR) is 38.1 cm³/mol. The standard InChI is InChI=1S/C7H8OS/c1-2-7-6(8-4-1)3-5-9-7/h3,5H,1-2,4H2. The Bertz CT molecular complexity index is 184. The first kappa shape index (κ1) is 5.30. The lowest BCUT2D eigenvalue weighted by Crippen LogP contribution is -2.04. The monoisotopic (exact) mass is 140 g/mol. The van der Waals surface area contributed by atoms with Crippen molar-refractivity contribution in [3.05, 3.63) is 16.3 Å². The van der Waals surface area contributed by atoms with E-state index >= 15 is 0 Å². The zero-order chi connectivity index (χ0) is 6.10. The molecule has 0 bridgehead atoms. The summed E-state index contributed by atoms with van der Waals surface area (Å²) >= 11 is 1.80. The van der Waals surface area contributed by atoms with Crippen LogP contribution in [0.4, 0.5) is 0 Å². The van der Waals surface area contributed by atoms with E-state index in [0.29, 0.717) is 0 Å². The van der Waals surface area contributed by atoms with Crippen molar-refractivity contribution in [2.45, 2.75) is 12.8 Å². The van der Waals surface area contributed by atoms with Crippen molar-refractivity contribution in [2.24, 2.45) is 0 Å². The minimum atomic E-state index is 0.906. The van der Waals surface area contributed by atoms with Gasteiger partial charge in [-0.15, -0.1) is 11.3 Å². The van der Waals surface area contributed by atoms with Gasteiger partial charge in [0.15, 0.2) is 0 Å². The molecule has 1 aromatic rings.